The molecular formula is C28H27N5O4. The maximum Gasteiger partial charge on any atom is 0.354 e. The van der Waals surface area contributed by atoms with Crippen molar-refractivity contribution in [2.24, 2.45) is 0 Å². The molecule has 1 unspecified atom stereocenters. The Kier molecular flexibility index (Phi) is 6.59. The second kappa shape index (κ2) is 10.1. The number of methoxy groups -OCH3 is 1. The molecule has 0 bridgehead atoms. The summed E-state index contributed by atoms with van der Waals surface area (Å²) in [6.45, 7) is 1.65. The molecular weight excluding hydrogens is 470 g/mol. The molecule has 0 saturated carbocycles. The van der Waals surface area contributed by atoms with Gasteiger partial charge < -0.3 is 20.5 Å². The Bertz CT molecular complexity index is 1510. The largest absolute Gasteiger partial charge is 0.479 e. The quantitative estimate of drug-likeness (QED) is 0.367. The number of hydrogen-bond donors (Lipinski definition) is 2. The first-order chi connectivity index (χ1) is 17.9. The number of carbonyl (C=O) groups excluding carboxylic acids is 1. The third-order valence-electron chi connectivity index (χ3n) is 6.27. The summed E-state index contributed by atoms with van der Waals surface area (Å²) >= 11 is 0. The molecule has 0 fully saturated rings. The van der Waals surface area contributed by atoms with Crippen LogP contribution in [0, 0.1) is 0 Å². The zero-order chi connectivity index (χ0) is 25.9. The number of aromatic nitrogens is 3. The van der Waals surface area contributed by atoms with Gasteiger partial charge in [0.25, 0.3) is 0 Å². The van der Waals surface area contributed by atoms with E-state index in [1.807, 2.05) is 54.6 Å². The molecule has 5 rings (SSSR count). The minimum atomic E-state index is -0.689. The molecule has 0 amide bonds. The molecule has 1 atom stereocenters. The molecule has 0 aliphatic heterocycles. The van der Waals surface area contributed by atoms with E-state index < -0.39 is 17.8 Å². The highest BCUT2D eigenvalue weighted by atomic mass is 16.6. The number of carbonyl (C=O) groups is 1. The number of nitrogens with one attached hydrogen (secondary N) is 1. The van der Waals surface area contributed by atoms with Crippen molar-refractivity contribution < 1.29 is 14.3 Å². The van der Waals surface area contributed by atoms with Gasteiger partial charge in [0.15, 0.2) is 6.10 Å². The summed E-state index contributed by atoms with van der Waals surface area (Å²) < 4.78 is 11.8. The average Bonchev–Trinajstić information content (AvgIpc) is 3.38. The number of nitrogens with two attached hydrogens (primary N) is 1. The summed E-state index contributed by atoms with van der Waals surface area (Å²) in [5, 5.41) is 3.52. The van der Waals surface area contributed by atoms with Crippen LogP contribution in [-0.4, -0.2) is 33.7 Å². The van der Waals surface area contributed by atoms with Gasteiger partial charge in [-0.05, 0) is 80.3 Å². The standard InChI is InChI=1S/C28H27N5O4/c1-17(27(34)36-2)37-21-11-9-19(10-12-21)30-25-16-24(31-23-8-4-7-22(23)25)18-5-3-6-20(15-18)33-14-13-26(29)32-28(33)35/h3,5-6,9-17H,4,7-8H2,1-2H3,(H,30,31)(H2,29,32,35). The fourth-order valence-electron chi connectivity index (χ4n) is 4.42. The fourth-order valence-corrected chi connectivity index (χ4v) is 4.42. The summed E-state index contributed by atoms with van der Waals surface area (Å²) in [5.41, 5.74) is 11.7. The van der Waals surface area contributed by atoms with Gasteiger partial charge in [-0.15, -0.1) is 0 Å². The highest BCUT2D eigenvalue weighted by Crippen LogP contribution is 2.34. The fraction of sp³-hybridized carbons (Fsp3) is 0.214. The van der Waals surface area contributed by atoms with Gasteiger partial charge in [-0.25, -0.2) is 9.59 Å². The van der Waals surface area contributed by atoms with Crippen LogP contribution in [0.25, 0.3) is 16.9 Å². The van der Waals surface area contributed by atoms with Crippen molar-refractivity contribution in [2.45, 2.75) is 32.3 Å². The van der Waals surface area contributed by atoms with Crippen LogP contribution in [0.3, 0.4) is 0 Å². The van der Waals surface area contributed by atoms with Crippen molar-refractivity contribution in [2.75, 3.05) is 18.2 Å². The van der Waals surface area contributed by atoms with E-state index in [0.717, 1.165) is 47.6 Å². The van der Waals surface area contributed by atoms with Gasteiger partial charge in [0, 0.05) is 28.8 Å². The molecule has 1 aliphatic carbocycles. The lowest BCUT2D eigenvalue weighted by molar-refractivity contribution is -0.147. The summed E-state index contributed by atoms with van der Waals surface area (Å²) in [7, 11) is 1.34. The third-order valence-corrected chi connectivity index (χ3v) is 6.27. The molecule has 37 heavy (non-hydrogen) atoms. The number of esters is 1. The summed E-state index contributed by atoms with van der Waals surface area (Å²) in [5.74, 6) is 0.336. The summed E-state index contributed by atoms with van der Waals surface area (Å²) in [4.78, 5) is 32.7. The Hall–Kier alpha value is -4.66. The molecule has 3 N–H and O–H groups in total. The normalized spacial score (nSPS) is 13.0. The average molecular weight is 498 g/mol. The first-order valence-electron chi connectivity index (χ1n) is 12.0. The SMILES string of the molecule is COC(=O)C(C)Oc1ccc(Nc2cc(-c3cccc(-n4ccc(N)nc4=O)c3)nc3c2CCC3)cc1. The number of hydrogen-bond acceptors (Lipinski definition) is 8. The van der Waals surface area contributed by atoms with Gasteiger partial charge in [0.1, 0.15) is 11.6 Å². The van der Waals surface area contributed by atoms with Gasteiger partial charge in [0.2, 0.25) is 0 Å². The van der Waals surface area contributed by atoms with Crippen molar-refractivity contribution >= 4 is 23.2 Å². The van der Waals surface area contributed by atoms with Crippen molar-refractivity contribution in [3.63, 3.8) is 0 Å². The van der Waals surface area contributed by atoms with E-state index in [0.29, 0.717) is 11.4 Å². The van der Waals surface area contributed by atoms with E-state index in [1.165, 1.54) is 17.2 Å². The van der Waals surface area contributed by atoms with E-state index in [9.17, 15) is 9.59 Å². The van der Waals surface area contributed by atoms with Crippen LogP contribution >= 0.6 is 0 Å². The predicted octanol–water partition coefficient (Wildman–Crippen LogP) is 4.05. The number of aryl methyl sites for hydroxylation is 1. The minimum absolute atomic E-state index is 0.186. The van der Waals surface area contributed by atoms with Gasteiger partial charge >= 0.3 is 11.7 Å². The number of pyridine rings is 1. The molecule has 9 heteroatoms. The minimum Gasteiger partial charge on any atom is -0.479 e. The van der Waals surface area contributed by atoms with Crippen LogP contribution in [0.1, 0.15) is 24.6 Å². The molecule has 0 radical (unpaired) electrons. The maximum absolute atomic E-state index is 12.3. The highest BCUT2D eigenvalue weighted by Gasteiger charge is 2.19. The van der Waals surface area contributed by atoms with Crippen LogP contribution in [0.15, 0.2) is 71.7 Å². The maximum atomic E-state index is 12.3. The van der Waals surface area contributed by atoms with E-state index in [4.69, 9.17) is 20.2 Å². The van der Waals surface area contributed by atoms with Gasteiger partial charge in [-0.1, -0.05) is 12.1 Å². The smallest absolute Gasteiger partial charge is 0.354 e. The number of benzene rings is 2. The van der Waals surface area contributed by atoms with Gasteiger partial charge in [-0.2, -0.15) is 4.98 Å². The Balaban J connectivity index is 1.43. The van der Waals surface area contributed by atoms with Crippen LogP contribution < -0.4 is 21.5 Å². The Morgan fingerprint density at radius 3 is 2.65 bits per heavy atom. The molecule has 0 saturated heterocycles. The first-order valence-corrected chi connectivity index (χ1v) is 12.0. The lowest BCUT2D eigenvalue weighted by Crippen LogP contribution is -2.24. The van der Waals surface area contributed by atoms with E-state index in [-0.39, 0.29) is 5.82 Å². The zero-order valence-electron chi connectivity index (χ0n) is 20.6. The van der Waals surface area contributed by atoms with Crippen molar-refractivity contribution in [3.8, 4) is 22.7 Å². The Morgan fingerprint density at radius 1 is 1.08 bits per heavy atom. The predicted molar refractivity (Wildman–Crippen MR) is 141 cm³/mol. The summed E-state index contributed by atoms with van der Waals surface area (Å²) in [6.07, 6.45) is 3.84. The number of fused-ring (bicyclic) bond motifs is 1. The number of anilines is 3. The van der Waals surface area contributed by atoms with Crippen molar-refractivity contribution in [1.82, 2.24) is 14.5 Å². The summed E-state index contributed by atoms with van der Waals surface area (Å²) in [6, 6.07) is 18.7. The molecule has 0 spiro atoms. The second-order valence-corrected chi connectivity index (χ2v) is 8.82. The molecule has 2 aromatic carbocycles. The number of nitrogen functional groups attached to an aromatic ring is 1. The molecule has 1 aliphatic rings. The van der Waals surface area contributed by atoms with Crippen LogP contribution in [0.5, 0.6) is 5.75 Å². The van der Waals surface area contributed by atoms with Gasteiger partial charge in [0.05, 0.1) is 18.5 Å². The number of rotatable bonds is 7. The number of ether oxygens (including phenoxy) is 2. The van der Waals surface area contributed by atoms with Gasteiger partial charge in [-0.3, -0.25) is 9.55 Å². The van der Waals surface area contributed by atoms with Crippen LogP contribution in [0.2, 0.25) is 0 Å². The lowest BCUT2D eigenvalue weighted by atomic mass is 10.1. The first kappa shape index (κ1) is 24.1. The highest BCUT2D eigenvalue weighted by molar-refractivity contribution is 5.75. The molecule has 188 valence electrons. The second-order valence-electron chi connectivity index (χ2n) is 8.82. The Labute approximate surface area is 213 Å². The van der Waals surface area contributed by atoms with Crippen LogP contribution in [0.4, 0.5) is 17.2 Å². The molecule has 2 aromatic heterocycles. The lowest BCUT2D eigenvalue weighted by Gasteiger charge is -2.16. The van der Waals surface area contributed by atoms with Crippen LogP contribution in [-0.2, 0) is 22.4 Å². The third kappa shape index (κ3) is 5.16. The number of nitrogens with zero attached hydrogens (tertiary/aromatic N) is 3. The Morgan fingerprint density at radius 2 is 1.89 bits per heavy atom. The molecule has 4 aromatic rings. The molecule has 2 heterocycles. The zero-order valence-corrected chi connectivity index (χ0v) is 20.6. The van der Waals surface area contributed by atoms with E-state index in [2.05, 4.69) is 10.3 Å². The van der Waals surface area contributed by atoms with Crippen molar-refractivity contribution in [1.29, 1.82) is 0 Å². The topological polar surface area (TPSA) is 121 Å². The monoisotopic (exact) mass is 497 g/mol. The van der Waals surface area contributed by atoms with E-state index in [1.54, 1.807) is 19.2 Å². The van der Waals surface area contributed by atoms with E-state index >= 15 is 0 Å². The molecule has 9 nitrogen and oxygen atoms in total. The van der Waals surface area contributed by atoms with Crippen molar-refractivity contribution in [3.05, 3.63) is 88.6 Å².